The Morgan fingerprint density at radius 2 is 1.77 bits per heavy atom. The summed E-state index contributed by atoms with van der Waals surface area (Å²) in [5.74, 6) is 1.89. The van der Waals surface area contributed by atoms with E-state index >= 15 is 0 Å². The Kier molecular flexibility index (Phi) is 5.80. The zero-order chi connectivity index (χ0) is 21.0. The lowest BCUT2D eigenvalue weighted by molar-refractivity contribution is 0.373. The second-order valence-corrected chi connectivity index (χ2v) is 9.08. The van der Waals surface area contributed by atoms with Crippen LogP contribution in [0.5, 0.6) is 11.5 Å². The largest absolute Gasteiger partial charge is 0.456 e. The van der Waals surface area contributed by atoms with Crippen LogP contribution in [0.4, 0.5) is 9.52 Å². The maximum atomic E-state index is 13.2. The van der Waals surface area contributed by atoms with Crippen molar-refractivity contribution in [2.45, 2.75) is 32.1 Å². The fourth-order valence-electron chi connectivity index (χ4n) is 4.08. The zero-order valence-corrected chi connectivity index (χ0v) is 18.0. The van der Waals surface area contributed by atoms with E-state index in [4.69, 9.17) is 9.72 Å². The smallest absolute Gasteiger partial charge is 0.183 e. The summed E-state index contributed by atoms with van der Waals surface area (Å²) in [5.41, 5.74) is 2.75. The third-order valence-electron chi connectivity index (χ3n) is 5.75. The number of pyridine rings is 1. The van der Waals surface area contributed by atoms with E-state index in [0.29, 0.717) is 5.75 Å². The van der Waals surface area contributed by atoms with Crippen LogP contribution in [0.15, 0.2) is 60.9 Å². The molecule has 4 aromatic rings. The summed E-state index contributed by atoms with van der Waals surface area (Å²) < 4.78 is 20.3. The van der Waals surface area contributed by atoms with E-state index in [1.165, 1.54) is 44.2 Å². The lowest BCUT2D eigenvalue weighted by Gasteiger charge is -2.21. The number of benzene rings is 2. The Bertz CT molecular complexity index is 1170. The quantitative estimate of drug-likeness (QED) is 0.347. The van der Waals surface area contributed by atoms with Crippen molar-refractivity contribution in [3.63, 3.8) is 0 Å². The van der Waals surface area contributed by atoms with Crippen LogP contribution in [0.3, 0.4) is 0 Å². The van der Waals surface area contributed by atoms with Crippen molar-refractivity contribution in [1.82, 2.24) is 9.97 Å². The summed E-state index contributed by atoms with van der Waals surface area (Å²) in [5, 5.41) is 4.50. The van der Waals surface area contributed by atoms with Crippen LogP contribution < -0.4 is 10.1 Å². The second kappa shape index (κ2) is 9.02. The van der Waals surface area contributed by atoms with E-state index < -0.39 is 0 Å². The van der Waals surface area contributed by atoms with Gasteiger partial charge in [-0.15, -0.1) is 0 Å². The highest BCUT2D eigenvalue weighted by atomic mass is 32.1. The summed E-state index contributed by atoms with van der Waals surface area (Å²) in [6.07, 6.45) is 10.1. The number of nitrogens with zero attached hydrogens (tertiary/aromatic N) is 2. The minimum Gasteiger partial charge on any atom is -0.456 e. The van der Waals surface area contributed by atoms with Crippen LogP contribution in [-0.2, 0) is 0 Å². The molecule has 1 N–H and O–H groups in total. The molecule has 4 nitrogen and oxygen atoms in total. The first-order valence-electron chi connectivity index (χ1n) is 10.8. The van der Waals surface area contributed by atoms with Gasteiger partial charge in [0.05, 0.1) is 16.4 Å². The molecule has 0 bridgehead atoms. The van der Waals surface area contributed by atoms with E-state index in [9.17, 15) is 4.39 Å². The van der Waals surface area contributed by atoms with Gasteiger partial charge in [-0.05, 0) is 54.7 Å². The van der Waals surface area contributed by atoms with Crippen LogP contribution >= 0.6 is 11.3 Å². The summed E-state index contributed by atoms with van der Waals surface area (Å²) in [6, 6.07) is 14.2. The molecule has 6 heteroatoms. The molecule has 2 aromatic heterocycles. The van der Waals surface area contributed by atoms with Gasteiger partial charge >= 0.3 is 0 Å². The minimum atomic E-state index is -0.255. The van der Waals surface area contributed by atoms with Gasteiger partial charge < -0.3 is 10.1 Å². The second-order valence-electron chi connectivity index (χ2n) is 8.05. The van der Waals surface area contributed by atoms with Gasteiger partial charge in [-0.25, -0.2) is 9.37 Å². The average Bonchev–Trinajstić information content (AvgIpc) is 3.21. The molecule has 5 rings (SSSR count). The van der Waals surface area contributed by atoms with E-state index in [-0.39, 0.29) is 5.82 Å². The highest BCUT2D eigenvalue weighted by Gasteiger charge is 2.14. The van der Waals surface area contributed by atoms with Crippen molar-refractivity contribution in [2.75, 3.05) is 11.9 Å². The highest BCUT2D eigenvalue weighted by molar-refractivity contribution is 7.22. The molecule has 1 aliphatic carbocycles. The molecule has 0 atom stereocenters. The molecule has 1 saturated carbocycles. The van der Waals surface area contributed by atoms with Crippen molar-refractivity contribution in [2.24, 2.45) is 5.92 Å². The summed E-state index contributed by atoms with van der Waals surface area (Å²) in [4.78, 5) is 8.99. The van der Waals surface area contributed by atoms with Gasteiger partial charge in [-0.2, -0.15) is 0 Å². The average molecular weight is 434 g/mol. The van der Waals surface area contributed by atoms with Gasteiger partial charge in [0.25, 0.3) is 0 Å². The molecular weight excluding hydrogens is 409 g/mol. The van der Waals surface area contributed by atoms with E-state index in [1.807, 2.05) is 24.3 Å². The van der Waals surface area contributed by atoms with Gasteiger partial charge in [0.2, 0.25) is 0 Å². The Balaban J connectivity index is 1.29. The van der Waals surface area contributed by atoms with Gasteiger partial charge in [0.15, 0.2) is 5.13 Å². The molecule has 0 unspecified atom stereocenters. The van der Waals surface area contributed by atoms with E-state index in [0.717, 1.165) is 44.7 Å². The molecule has 2 heterocycles. The Hall–Kier alpha value is -2.99. The van der Waals surface area contributed by atoms with Crippen molar-refractivity contribution >= 4 is 26.7 Å². The van der Waals surface area contributed by atoms with E-state index in [1.54, 1.807) is 35.9 Å². The number of nitrogens with one attached hydrogen (secondary N) is 1. The van der Waals surface area contributed by atoms with Gasteiger partial charge in [-0.1, -0.05) is 42.7 Å². The molecule has 0 saturated heterocycles. The molecule has 1 aliphatic rings. The van der Waals surface area contributed by atoms with Crippen molar-refractivity contribution in [3.8, 4) is 22.6 Å². The van der Waals surface area contributed by atoms with Crippen LogP contribution in [0.25, 0.3) is 21.3 Å². The fourth-order valence-corrected chi connectivity index (χ4v) is 4.98. The van der Waals surface area contributed by atoms with E-state index in [2.05, 4.69) is 10.3 Å². The molecule has 31 heavy (non-hydrogen) atoms. The lowest BCUT2D eigenvalue weighted by atomic mass is 9.89. The third-order valence-corrected chi connectivity index (χ3v) is 6.73. The van der Waals surface area contributed by atoms with Crippen LogP contribution in [0.2, 0.25) is 0 Å². The van der Waals surface area contributed by atoms with Crippen molar-refractivity contribution < 1.29 is 9.13 Å². The van der Waals surface area contributed by atoms with Gasteiger partial charge in [0, 0.05) is 24.4 Å². The van der Waals surface area contributed by atoms with Gasteiger partial charge in [0.1, 0.15) is 17.3 Å². The molecule has 0 aliphatic heterocycles. The van der Waals surface area contributed by atoms with Crippen LogP contribution in [0.1, 0.15) is 32.1 Å². The first-order chi connectivity index (χ1) is 15.2. The fraction of sp³-hybridized carbons (Fsp3) is 0.280. The number of thiazole rings is 1. The summed E-state index contributed by atoms with van der Waals surface area (Å²) in [7, 11) is 0. The Morgan fingerprint density at radius 1 is 0.935 bits per heavy atom. The Morgan fingerprint density at radius 3 is 2.61 bits per heavy atom. The minimum absolute atomic E-state index is 0.255. The Labute approximate surface area is 185 Å². The number of fused-ring (bicyclic) bond motifs is 1. The number of aromatic nitrogens is 2. The van der Waals surface area contributed by atoms with Crippen LogP contribution in [0, 0.1) is 11.7 Å². The third kappa shape index (κ3) is 4.85. The van der Waals surface area contributed by atoms with Gasteiger partial charge in [-0.3, -0.25) is 4.98 Å². The number of ether oxygens (including phenoxy) is 1. The SMILES string of the molecule is Fc1ccc(-c2cncc(Oc3ccc4nc(NCC5CCCCC5)sc4c3)c2)cc1. The summed E-state index contributed by atoms with van der Waals surface area (Å²) in [6.45, 7) is 1.00. The lowest BCUT2D eigenvalue weighted by Crippen LogP contribution is -2.16. The normalized spacial score (nSPS) is 14.6. The van der Waals surface area contributed by atoms with Crippen molar-refractivity contribution in [1.29, 1.82) is 0 Å². The topological polar surface area (TPSA) is 47.0 Å². The highest BCUT2D eigenvalue weighted by Crippen LogP contribution is 2.33. The summed E-state index contributed by atoms with van der Waals surface area (Å²) >= 11 is 1.66. The molecule has 2 aromatic carbocycles. The maximum Gasteiger partial charge on any atom is 0.183 e. The molecule has 158 valence electrons. The molecule has 0 radical (unpaired) electrons. The molecular formula is C25H24FN3OS. The zero-order valence-electron chi connectivity index (χ0n) is 17.2. The first kappa shape index (κ1) is 19.9. The monoisotopic (exact) mass is 433 g/mol. The first-order valence-corrected chi connectivity index (χ1v) is 11.6. The number of hydrogen-bond acceptors (Lipinski definition) is 5. The van der Waals surface area contributed by atoms with Crippen LogP contribution in [-0.4, -0.2) is 16.5 Å². The number of anilines is 1. The molecule has 1 fully saturated rings. The number of hydrogen-bond donors (Lipinski definition) is 1. The molecule has 0 spiro atoms. The number of rotatable bonds is 6. The van der Waals surface area contributed by atoms with Crippen molar-refractivity contribution in [3.05, 3.63) is 66.7 Å². The number of halogens is 1. The predicted molar refractivity (Wildman–Crippen MR) is 124 cm³/mol. The molecule has 0 amide bonds. The predicted octanol–water partition coefficient (Wildman–Crippen LogP) is 7.28. The maximum absolute atomic E-state index is 13.2. The standard InChI is InChI=1S/C25H24FN3OS/c26-20-8-6-18(7-9-20)19-12-22(16-27-15-19)30-21-10-11-23-24(13-21)31-25(29-23)28-14-17-4-2-1-3-5-17/h6-13,15-17H,1-5,14H2,(H,28,29).